The number of likely N-dealkylation sites (N-methyl/N-ethyl adjacent to an activating group) is 1. The topological polar surface area (TPSA) is 66.8 Å². The molecule has 1 rings (SSSR count). The summed E-state index contributed by atoms with van der Waals surface area (Å²) in [6, 6.07) is 0. The summed E-state index contributed by atoms with van der Waals surface area (Å²) in [6.45, 7) is 4.42. The van der Waals surface area contributed by atoms with Gasteiger partial charge in [-0.05, 0) is 6.92 Å². The number of nitrogens with zero attached hydrogens (tertiary/aromatic N) is 1. The Hall–Kier alpha value is -1.10. The minimum atomic E-state index is -1.06. The van der Waals surface area contributed by atoms with Crippen molar-refractivity contribution in [2.24, 2.45) is 0 Å². The van der Waals surface area contributed by atoms with Gasteiger partial charge in [0.1, 0.15) is 5.54 Å². The lowest BCUT2D eigenvalue weighted by Gasteiger charge is -2.42. The van der Waals surface area contributed by atoms with Gasteiger partial charge in [-0.2, -0.15) is 0 Å². The number of hydrogen-bond acceptors (Lipinski definition) is 3. The van der Waals surface area contributed by atoms with Crippen molar-refractivity contribution >= 4 is 11.9 Å². The summed E-state index contributed by atoms with van der Waals surface area (Å²) in [5.74, 6) is -1.12. The molecule has 15 heavy (non-hydrogen) atoms. The molecule has 1 heterocycles. The smallest absolute Gasteiger partial charge is 0.329 e. The van der Waals surface area contributed by atoms with Crippen molar-refractivity contribution in [1.82, 2.24) is 4.90 Å². The number of carboxylic acids is 1. The molecule has 0 aromatic rings. The van der Waals surface area contributed by atoms with Gasteiger partial charge < -0.3 is 14.7 Å². The first-order valence-corrected chi connectivity index (χ1v) is 5.14. The Bertz CT molecular complexity index is 258. The first-order chi connectivity index (χ1) is 7.04. The summed E-state index contributed by atoms with van der Waals surface area (Å²) in [5.41, 5.74) is -1.06. The molecule has 1 aliphatic rings. The van der Waals surface area contributed by atoms with Crippen LogP contribution in [0, 0.1) is 0 Å². The second-order valence-corrected chi connectivity index (χ2v) is 3.71. The highest BCUT2D eigenvalue weighted by molar-refractivity contribution is 5.86. The van der Waals surface area contributed by atoms with Gasteiger partial charge in [-0.15, -0.1) is 0 Å². The Balaban J connectivity index is 2.97. The molecule has 0 bridgehead atoms. The molecule has 0 spiro atoms. The second-order valence-electron chi connectivity index (χ2n) is 3.71. The molecule has 1 fully saturated rings. The lowest BCUT2D eigenvalue weighted by Crippen LogP contribution is -2.59. The van der Waals surface area contributed by atoms with Gasteiger partial charge in [0, 0.05) is 39.5 Å². The first kappa shape index (κ1) is 12.0. The highest BCUT2D eigenvalue weighted by atomic mass is 16.5. The average molecular weight is 215 g/mol. The zero-order valence-corrected chi connectivity index (χ0v) is 9.15. The second kappa shape index (κ2) is 4.61. The molecule has 1 N–H and O–H groups in total. The number of amides is 1. The minimum absolute atomic E-state index is 0.193. The third-order valence-electron chi connectivity index (χ3n) is 2.93. The fourth-order valence-electron chi connectivity index (χ4n) is 2.14. The summed E-state index contributed by atoms with van der Waals surface area (Å²) in [5, 5.41) is 9.29. The zero-order valence-electron chi connectivity index (χ0n) is 9.15. The van der Waals surface area contributed by atoms with Crippen molar-refractivity contribution in [3.05, 3.63) is 0 Å². The van der Waals surface area contributed by atoms with Crippen molar-refractivity contribution in [1.29, 1.82) is 0 Å². The first-order valence-electron chi connectivity index (χ1n) is 5.14. The molecular weight excluding hydrogens is 198 g/mol. The van der Waals surface area contributed by atoms with E-state index in [0.29, 0.717) is 32.6 Å². The highest BCUT2D eigenvalue weighted by Crippen LogP contribution is 2.28. The molecule has 1 saturated heterocycles. The van der Waals surface area contributed by atoms with Crippen LogP contribution in [0.5, 0.6) is 0 Å². The lowest BCUT2D eigenvalue weighted by atomic mass is 9.88. The van der Waals surface area contributed by atoms with E-state index < -0.39 is 11.5 Å². The van der Waals surface area contributed by atoms with Crippen LogP contribution in [-0.4, -0.2) is 47.2 Å². The van der Waals surface area contributed by atoms with Gasteiger partial charge in [0.05, 0.1) is 0 Å². The van der Waals surface area contributed by atoms with Crippen molar-refractivity contribution in [3.8, 4) is 0 Å². The fourth-order valence-corrected chi connectivity index (χ4v) is 2.14. The van der Waals surface area contributed by atoms with Crippen LogP contribution >= 0.6 is 0 Å². The number of carbonyl (C=O) groups is 2. The number of aliphatic carboxylic acids is 1. The van der Waals surface area contributed by atoms with Gasteiger partial charge in [0.15, 0.2) is 0 Å². The molecule has 5 heteroatoms. The molecule has 0 aliphatic carbocycles. The van der Waals surface area contributed by atoms with Crippen LogP contribution in [0.15, 0.2) is 0 Å². The third kappa shape index (κ3) is 2.12. The van der Waals surface area contributed by atoms with Crippen LogP contribution in [0.2, 0.25) is 0 Å². The van der Waals surface area contributed by atoms with Crippen molar-refractivity contribution < 1.29 is 19.4 Å². The van der Waals surface area contributed by atoms with Gasteiger partial charge in [-0.25, -0.2) is 4.79 Å². The lowest BCUT2D eigenvalue weighted by molar-refractivity contribution is -0.165. The quantitative estimate of drug-likeness (QED) is 0.744. The molecule has 0 unspecified atom stereocenters. The minimum Gasteiger partial charge on any atom is -0.479 e. The molecule has 1 amide bonds. The average Bonchev–Trinajstić information content (AvgIpc) is 2.19. The SMILES string of the molecule is CCN(C(C)=O)C1(C(=O)O)CCOCC1. The van der Waals surface area contributed by atoms with E-state index in [2.05, 4.69) is 0 Å². The van der Waals surface area contributed by atoms with Crippen LogP contribution in [0.25, 0.3) is 0 Å². The summed E-state index contributed by atoms with van der Waals surface area (Å²) < 4.78 is 5.15. The summed E-state index contributed by atoms with van der Waals surface area (Å²) in [7, 11) is 0. The molecule has 86 valence electrons. The maximum absolute atomic E-state index is 11.4. The Morgan fingerprint density at radius 1 is 1.40 bits per heavy atom. The van der Waals surface area contributed by atoms with Gasteiger partial charge in [0.25, 0.3) is 0 Å². The normalized spacial score (nSPS) is 19.6. The summed E-state index contributed by atoms with van der Waals surface area (Å²) in [4.78, 5) is 24.2. The molecule has 5 nitrogen and oxygen atoms in total. The molecule has 0 aromatic carbocycles. The van der Waals surface area contributed by atoms with Crippen LogP contribution < -0.4 is 0 Å². The van der Waals surface area contributed by atoms with E-state index in [1.54, 1.807) is 6.92 Å². The van der Waals surface area contributed by atoms with Gasteiger partial charge >= 0.3 is 5.97 Å². The van der Waals surface area contributed by atoms with Gasteiger partial charge in [-0.3, -0.25) is 4.79 Å². The van der Waals surface area contributed by atoms with Crippen molar-refractivity contribution in [2.45, 2.75) is 32.2 Å². The molecule has 0 atom stereocenters. The largest absolute Gasteiger partial charge is 0.479 e. The third-order valence-corrected chi connectivity index (χ3v) is 2.93. The van der Waals surface area contributed by atoms with Gasteiger partial charge in [0.2, 0.25) is 5.91 Å². The van der Waals surface area contributed by atoms with E-state index in [0.717, 1.165) is 0 Å². The standard InChI is InChI=1S/C10H17NO4/c1-3-11(8(2)12)10(9(13)14)4-6-15-7-5-10/h3-7H2,1-2H3,(H,13,14). The Labute approximate surface area is 89.0 Å². The van der Waals surface area contributed by atoms with Gasteiger partial charge in [-0.1, -0.05) is 0 Å². The van der Waals surface area contributed by atoms with Crippen molar-refractivity contribution in [3.63, 3.8) is 0 Å². The molecule has 1 aliphatic heterocycles. The number of rotatable bonds is 3. The highest BCUT2D eigenvalue weighted by Gasteiger charge is 2.46. The fraction of sp³-hybridized carbons (Fsp3) is 0.800. The molecule has 0 saturated carbocycles. The van der Waals surface area contributed by atoms with E-state index >= 15 is 0 Å². The zero-order chi connectivity index (χ0) is 11.5. The predicted molar refractivity (Wildman–Crippen MR) is 53.5 cm³/mol. The Kier molecular flexibility index (Phi) is 3.68. The van der Waals surface area contributed by atoms with Crippen LogP contribution in [-0.2, 0) is 14.3 Å². The number of hydrogen-bond donors (Lipinski definition) is 1. The van der Waals surface area contributed by atoms with Crippen LogP contribution in [0.3, 0.4) is 0 Å². The van der Waals surface area contributed by atoms with Crippen molar-refractivity contribution in [2.75, 3.05) is 19.8 Å². The molecule has 0 aromatic heterocycles. The van der Waals surface area contributed by atoms with E-state index in [1.807, 2.05) is 0 Å². The molecule has 0 radical (unpaired) electrons. The monoisotopic (exact) mass is 215 g/mol. The maximum Gasteiger partial charge on any atom is 0.329 e. The van der Waals surface area contributed by atoms with Crippen LogP contribution in [0.1, 0.15) is 26.7 Å². The summed E-state index contributed by atoms with van der Waals surface area (Å²) in [6.07, 6.45) is 0.742. The molecular formula is C10H17NO4. The predicted octanol–water partition coefficient (Wildman–Crippen LogP) is 0.489. The Morgan fingerprint density at radius 3 is 2.27 bits per heavy atom. The number of ether oxygens (including phenoxy) is 1. The number of carbonyl (C=O) groups excluding carboxylic acids is 1. The number of carboxylic acid groups (broad SMARTS) is 1. The Morgan fingerprint density at radius 2 is 1.93 bits per heavy atom. The van der Waals surface area contributed by atoms with E-state index in [9.17, 15) is 14.7 Å². The summed E-state index contributed by atoms with van der Waals surface area (Å²) >= 11 is 0. The van der Waals surface area contributed by atoms with E-state index in [1.165, 1.54) is 11.8 Å². The maximum atomic E-state index is 11.4. The van der Waals surface area contributed by atoms with Crippen LogP contribution in [0.4, 0.5) is 0 Å². The van der Waals surface area contributed by atoms with E-state index in [4.69, 9.17) is 4.74 Å². The van der Waals surface area contributed by atoms with E-state index in [-0.39, 0.29) is 5.91 Å².